The number of carbonyl (C=O) groups excluding carboxylic acids is 2. The van der Waals surface area contributed by atoms with E-state index in [9.17, 15) is 9.59 Å². The summed E-state index contributed by atoms with van der Waals surface area (Å²) in [5, 5.41) is 6.35. The maximum absolute atomic E-state index is 12.6. The number of anilines is 4. The number of aromatic nitrogens is 1. The van der Waals surface area contributed by atoms with Gasteiger partial charge >= 0.3 is 0 Å². The maximum atomic E-state index is 12.6. The minimum atomic E-state index is -0.0584. The Morgan fingerprint density at radius 1 is 0.970 bits per heavy atom. The molecule has 7 heteroatoms. The highest BCUT2D eigenvalue weighted by Gasteiger charge is 2.22. The molecular weight excluding hydrogens is 416 g/mol. The van der Waals surface area contributed by atoms with Crippen molar-refractivity contribution < 1.29 is 14.3 Å². The van der Waals surface area contributed by atoms with E-state index in [4.69, 9.17) is 4.74 Å². The fraction of sp³-hybridized carbons (Fsp3) is 0.269. The molecule has 33 heavy (non-hydrogen) atoms. The van der Waals surface area contributed by atoms with Crippen molar-refractivity contribution in [2.75, 3.05) is 35.8 Å². The average molecular weight is 445 g/mol. The average Bonchev–Trinajstić information content (AvgIpc) is 2.84. The fourth-order valence-corrected chi connectivity index (χ4v) is 3.78. The standard InChI is InChI=1S/C26H28N4O3/c1-18(31)30(2)24-15-21(14-23(17-24)28-22-6-4-3-5-7-22)20-8-11-27-25(16-20)29-26(32)19-9-12-33-13-10-19/h3-8,11,14-17,19,28H,9-10,12-13H2,1-2H3,(H,27,29,32). The van der Waals surface area contributed by atoms with Crippen LogP contribution in [0.25, 0.3) is 11.1 Å². The van der Waals surface area contributed by atoms with Gasteiger partial charge in [0.1, 0.15) is 5.82 Å². The van der Waals surface area contributed by atoms with E-state index in [0.717, 1.165) is 41.0 Å². The quantitative estimate of drug-likeness (QED) is 0.568. The smallest absolute Gasteiger partial charge is 0.228 e. The summed E-state index contributed by atoms with van der Waals surface area (Å²) in [5.74, 6) is 0.363. The van der Waals surface area contributed by atoms with Crippen molar-refractivity contribution in [3.05, 3.63) is 66.9 Å². The SMILES string of the molecule is CC(=O)N(C)c1cc(Nc2ccccc2)cc(-c2ccnc(NC(=O)C3CCOCC3)c2)c1. The maximum Gasteiger partial charge on any atom is 0.228 e. The minimum absolute atomic E-state index is 0.0283. The molecule has 2 N–H and O–H groups in total. The molecule has 7 nitrogen and oxygen atoms in total. The molecule has 2 heterocycles. The van der Waals surface area contributed by atoms with E-state index in [1.165, 1.54) is 6.92 Å². The molecular formula is C26H28N4O3. The van der Waals surface area contributed by atoms with Crippen LogP contribution in [0.2, 0.25) is 0 Å². The van der Waals surface area contributed by atoms with Crippen molar-refractivity contribution >= 4 is 34.7 Å². The number of hydrogen-bond donors (Lipinski definition) is 2. The van der Waals surface area contributed by atoms with Gasteiger partial charge in [-0.2, -0.15) is 0 Å². The molecule has 1 aliphatic rings. The van der Waals surface area contributed by atoms with Crippen LogP contribution >= 0.6 is 0 Å². The molecule has 4 rings (SSSR count). The van der Waals surface area contributed by atoms with Gasteiger partial charge in [0, 0.05) is 56.4 Å². The first-order chi connectivity index (χ1) is 16.0. The lowest BCUT2D eigenvalue weighted by Crippen LogP contribution is -2.28. The third-order valence-corrected chi connectivity index (χ3v) is 5.78. The Morgan fingerprint density at radius 2 is 1.73 bits per heavy atom. The van der Waals surface area contributed by atoms with Crippen LogP contribution in [0.3, 0.4) is 0 Å². The van der Waals surface area contributed by atoms with Crippen LogP contribution in [0.4, 0.5) is 22.9 Å². The molecule has 0 bridgehead atoms. The van der Waals surface area contributed by atoms with Crippen LogP contribution in [0.5, 0.6) is 0 Å². The van der Waals surface area contributed by atoms with Gasteiger partial charge in [0.05, 0.1) is 0 Å². The first-order valence-electron chi connectivity index (χ1n) is 11.1. The summed E-state index contributed by atoms with van der Waals surface area (Å²) in [6.07, 6.45) is 3.12. The van der Waals surface area contributed by atoms with Crippen molar-refractivity contribution in [3.8, 4) is 11.1 Å². The Labute approximate surface area is 193 Å². The van der Waals surface area contributed by atoms with Crippen LogP contribution in [-0.4, -0.2) is 37.1 Å². The number of rotatable bonds is 6. The fourth-order valence-electron chi connectivity index (χ4n) is 3.78. The van der Waals surface area contributed by atoms with Crippen LogP contribution in [0.1, 0.15) is 19.8 Å². The molecule has 0 spiro atoms. The summed E-state index contributed by atoms with van der Waals surface area (Å²) in [5.41, 5.74) is 4.37. The second-order valence-electron chi connectivity index (χ2n) is 8.14. The van der Waals surface area contributed by atoms with Crippen molar-refractivity contribution in [1.29, 1.82) is 0 Å². The van der Waals surface area contributed by atoms with Crippen LogP contribution in [0.15, 0.2) is 66.9 Å². The second-order valence-corrected chi connectivity index (χ2v) is 8.14. The molecule has 0 radical (unpaired) electrons. The number of hydrogen-bond acceptors (Lipinski definition) is 5. The summed E-state index contributed by atoms with van der Waals surface area (Å²) < 4.78 is 5.35. The Hall–Kier alpha value is -3.71. The molecule has 2 amide bonds. The van der Waals surface area contributed by atoms with Gasteiger partial charge in [0.2, 0.25) is 11.8 Å². The van der Waals surface area contributed by atoms with Crippen molar-refractivity contribution in [3.63, 3.8) is 0 Å². The lowest BCUT2D eigenvalue weighted by molar-refractivity contribution is -0.122. The number of nitrogens with one attached hydrogen (secondary N) is 2. The second kappa shape index (κ2) is 10.3. The Morgan fingerprint density at radius 3 is 2.45 bits per heavy atom. The van der Waals surface area contributed by atoms with Crippen molar-refractivity contribution in [2.45, 2.75) is 19.8 Å². The van der Waals surface area contributed by atoms with E-state index in [2.05, 4.69) is 15.6 Å². The molecule has 1 aliphatic heterocycles. The molecule has 0 unspecified atom stereocenters. The van der Waals surface area contributed by atoms with Crippen molar-refractivity contribution in [1.82, 2.24) is 4.98 Å². The summed E-state index contributed by atoms with van der Waals surface area (Å²) >= 11 is 0. The number of amides is 2. The predicted octanol–water partition coefficient (Wildman–Crippen LogP) is 4.84. The molecule has 170 valence electrons. The largest absolute Gasteiger partial charge is 0.381 e. The van der Waals surface area contributed by atoms with Gasteiger partial charge in [-0.05, 0) is 66.4 Å². The number of carbonyl (C=O) groups is 2. The zero-order valence-corrected chi connectivity index (χ0v) is 18.9. The lowest BCUT2D eigenvalue weighted by Gasteiger charge is -2.21. The van der Waals surface area contributed by atoms with E-state index >= 15 is 0 Å². The van der Waals surface area contributed by atoms with Gasteiger partial charge in [-0.3, -0.25) is 9.59 Å². The highest BCUT2D eigenvalue weighted by atomic mass is 16.5. The Bertz CT molecular complexity index is 1130. The van der Waals surface area contributed by atoms with E-state index in [-0.39, 0.29) is 17.7 Å². The molecule has 0 saturated carbocycles. The normalized spacial score (nSPS) is 13.9. The summed E-state index contributed by atoms with van der Waals surface area (Å²) in [6, 6.07) is 19.5. The van der Waals surface area contributed by atoms with E-state index in [1.807, 2.05) is 60.7 Å². The molecule has 1 saturated heterocycles. The van der Waals surface area contributed by atoms with Crippen molar-refractivity contribution in [2.24, 2.45) is 5.92 Å². The highest BCUT2D eigenvalue weighted by Crippen LogP contribution is 2.31. The molecule has 1 fully saturated rings. The van der Waals surface area contributed by atoms with Gasteiger partial charge in [-0.15, -0.1) is 0 Å². The summed E-state index contributed by atoms with van der Waals surface area (Å²) in [6.45, 7) is 2.76. The number of pyridine rings is 1. The number of ether oxygens (including phenoxy) is 1. The Balaban J connectivity index is 1.63. The third kappa shape index (κ3) is 5.75. The highest BCUT2D eigenvalue weighted by molar-refractivity contribution is 5.94. The van der Waals surface area contributed by atoms with Gasteiger partial charge in [-0.25, -0.2) is 4.98 Å². The van der Waals surface area contributed by atoms with Gasteiger partial charge in [-0.1, -0.05) is 18.2 Å². The summed E-state index contributed by atoms with van der Waals surface area (Å²) in [7, 11) is 1.75. The van der Waals surface area contributed by atoms with Gasteiger partial charge < -0.3 is 20.3 Å². The lowest BCUT2D eigenvalue weighted by atomic mass is 9.99. The molecule has 1 aromatic heterocycles. The van der Waals surface area contributed by atoms with E-state index in [0.29, 0.717) is 19.0 Å². The van der Waals surface area contributed by atoms with E-state index in [1.54, 1.807) is 18.1 Å². The van der Waals surface area contributed by atoms with E-state index < -0.39 is 0 Å². The molecule has 0 atom stereocenters. The topological polar surface area (TPSA) is 83.6 Å². The molecule has 2 aromatic carbocycles. The van der Waals surface area contributed by atoms with Crippen LogP contribution < -0.4 is 15.5 Å². The van der Waals surface area contributed by atoms with Crippen LogP contribution in [0, 0.1) is 5.92 Å². The number of para-hydroxylation sites is 1. The molecule has 0 aliphatic carbocycles. The zero-order chi connectivity index (χ0) is 23.2. The Kier molecular flexibility index (Phi) is 7.00. The van der Waals surface area contributed by atoms with Gasteiger partial charge in [0.15, 0.2) is 0 Å². The summed E-state index contributed by atoms with van der Waals surface area (Å²) in [4.78, 5) is 30.6. The first kappa shape index (κ1) is 22.5. The zero-order valence-electron chi connectivity index (χ0n) is 18.9. The first-order valence-corrected chi connectivity index (χ1v) is 11.1. The number of benzene rings is 2. The third-order valence-electron chi connectivity index (χ3n) is 5.78. The van der Waals surface area contributed by atoms with Crippen LogP contribution in [-0.2, 0) is 14.3 Å². The molecule has 3 aromatic rings. The predicted molar refractivity (Wildman–Crippen MR) is 131 cm³/mol. The van der Waals surface area contributed by atoms with Gasteiger partial charge in [0.25, 0.3) is 0 Å². The number of nitrogens with zero attached hydrogens (tertiary/aromatic N) is 2. The minimum Gasteiger partial charge on any atom is -0.381 e. The monoisotopic (exact) mass is 444 g/mol.